The van der Waals surface area contributed by atoms with Crippen molar-refractivity contribution in [3.05, 3.63) is 34.9 Å². The molecule has 92 valence electrons. The summed E-state index contributed by atoms with van der Waals surface area (Å²) in [5.74, 6) is 0.0750. The second-order valence-corrected chi connectivity index (χ2v) is 4.77. The number of carbonyl (C=O) groups is 1. The highest BCUT2D eigenvalue weighted by Gasteiger charge is 2.52. The first-order chi connectivity index (χ1) is 8.15. The molecule has 0 saturated heterocycles. The van der Waals surface area contributed by atoms with Crippen molar-refractivity contribution in [3.8, 4) is 0 Å². The molecule has 0 aromatic heterocycles. The molecular formula is C13H16ClNO2. The highest BCUT2D eigenvalue weighted by molar-refractivity contribution is 6.30. The SMILES string of the molecule is CNC(C(=O)OC)(c1ccc(Cl)cc1)C1CC1. The third-order valence-corrected chi connectivity index (χ3v) is 3.64. The van der Waals surface area contributed by atoms with E-state index in [0.717, 1.165) is 18.4 Å². The van der Waals surface area contributed by atoms with E-state index in [4.69, 9.17) is 16.3 Å². The topological polar surface area (TPSA) is 38.3 Å². The normalized spacial score (nSPS) is 18.5. The summed E-state index contributed by atoms with van der Waals surface area (Å²) in [6.45, 7) is 0. The van der Waals surface area contributed by atoms with E-state index >= 15 is 0 Å². The van der Waals surface area contributed by atoms with Crippen LogP contribution in [0.5, 0.6) is 0 Å². The van der Waals surface area contributed by atoms with Gasteiger partial charge in [-0.3, -0.25) is 0 Å². The maximum Gasteiger partial charge on any atom is 0.331 e. The van der Waals surface area contributed by atoms with Crippen molar-refractivity contribution in [2.24, 2.45) is 5.92 Å². The summed E-state index contributed by atoms with van der Waals surface area (Å²) < 4.78 is 4.96. The Labute approximate surface area is 106 Å². The van der Waals surface area contributed by atoms with E-state index in [0.29, 0.717) is 10.9 Å². The zero-order valence-corrected chi connectivity index (χ0v) is 10.8. The largest absolute Gasteiger partial charge is 0.467 e. The Bertz CT molecular complexity index is 414. The second kappa shape index (κ2) is 4.67. The Morgan fingerprint density at radius 3 is 2.41 bits per heavy atom. The Kier molecular flexibility index (Phi) is 3.40. The summed E-state index contributed by atoms with van der Waals surface area (Å²) in [6.07, 6.45) is 2.08. The number of carbonyl (C=O) groups excluding carboxylic acids is 1. The number of hydrogen-bond acceptors (Lipinski definition) is 3. The van der Waals surface area contributed by atoms with Gasteiger partial charge in [-0.2, -0.15) is 0 Å². The summed E-state index contributed by atoms with van der Waals surface area (Å²) in [7, 11) is 3.22. The first kappa shape index (κ1) is 12.4. The van der Waals surface area contributed by atoms with E-state index in [1.807, 2.05) is 12.1 Å². The van der Waals surface area contributed by atoms with Gasteiger partial charge in [-0.05, 0) is 43.5 Å². The average molecular weight is 254 g/mol. The standard InChI is InChI=1S/C13H16ClNO2/c1-15-13(9-3-4-9,12(16)17-2)10-5-7-11(14)8-6-10/h5-9,15H,3-4H2,1-2H3. The summed E-state index contributed by atoms with van der Waals surface area (Å²) >= 11 is 5.88. The molecule has 1 unspecified atom stereocenters. The van der Waals surface area contributed by atoms with Crippen molar-refractivity contribution in [2.45, 2.75) is 18.4 Å². The molecule has 4 heteroatoms. The molecule has 1 aliphatic rings. The van der Waals surface area contributed by atoms with Crippen LogP contribution in [0.2, 0.25) is 5.02 Å². The maximum absolute atomic E-state index is 12.1. The molecule has 0 bridgehead atoms. The first-order valence-corrected chi connectivity index (χ1v) is 6.06. The third-order valence-electron chi connectivity index (χ3n) is 3.39. The van der Waals surface area contributed by atoms with Crippen molar-refractivity contribution in [2.75, 3.05) is 14.2 Å². The molecule has 17 heavy (non-hydrogen) atoms. The number of methoxy groups -OCH3 is 1. The van der Waals surface area contributed by atoms with Gasteiger partial charge < -0.3 is 10.1 Å². The minimum Gasteiger partial charge on any atom is -0.467 e. The molecule has 0 aliphatic heterocycles. The zero-order valence-electron chi connectivity index (χ0n) is 10.00. The number of halogens is 1. The lowest BCUT2D eigenvalue weighted by Crippen LogP contribution is -2.50. The molecule has 1 aromatic carbocycles. The second-order valence-electron chi connectivity index (χ2n) is 4.33. The number of ether oxygens (including phenoxy) is 1. The van der Waals surface area contributed by atoms with E-state index in [9.17, 15) is 4.79 Å². The van der Waals surface area contributed by atoms with E-state index in [1.165, 1.54) is 7.11 Å². The van der Waals surface area contributed by atoms with Gasteiger partial charge >= 0.3 is 5.97 Å². The number of rotatable bonds is 4. The van der Waals surface area contributed by atoms with Gasteiger partial charge in [-0.15, -0.1) is 0 Å². The molecule has 0 radical (unpaired) electrons. The molecule has 3 nitrogen and oxygen atoms in total. The Hall–Kier alpha value is -1.06. The van der Waals surface area contributed by atoms with Crippen LogP contribution >= 0.6 is 11.6 Å². The van der Waals surface area contributed by atoms with Crippen molar-refractivity contribution in [1.82, 2.24) is 5.32 Å². The van der Waals surface area contributed by atoms with E-state index in [2.05, 4.69) is 5.32 Å². The minimum atomic E-state index is -0.723. The lowest BCUT2D eigenvalue weighted by atomic mass is 9.85. The fourth-order valence-corrected chi connectivity index (χ4v) is 2.49. The van der Waals surface area contributed by atoms with Crippen LogP contribution in [-0.4, -0.2) is 20.1 Å². The highest BCUT2D eigenvalue weighted by Crippen LogP contribution is 2.46. The van der Waals surface area contributed by atoms with Gasteiger partial charge in [0.2, 0.25) is 0 Å². The minimum absolute atomic E-state index is 0.232. The van der Waals surface area contributed by atoms with E-state index in [1.54, 1.807) is 19.2 Å². The van der Waals surface area contributed by atoms with Crippen LogP contribution in [-0.2, 0) is 15.1 Å². The van der Waals surface area contributed by atoms with Gasteiger partial charge in [0, 0.05) is 5.02 Å². The van der Waals surface area contributed by atoms with Gasteiger partial charge in [0.25, 0.3) is 0 Å². The molecule has 0 heterocycles. The number of benzene rings is 1. The van der Waals surface area contributed by atoms with Crippen LogP contribution in [0.25, 0.3) is 0 Å². The molecule has 2 rings (SSSR count). The fourth-order valence-electron chi connectivity index (χ4n) is 2.36. The average Bonchev–Trinajstić information content (AvgIpc) is 3.17. The van der Waals surface area contributed by atoms with Crippen LogP contribution in [0.15, 0.2) is 24.3 Å². The van der Waals surface area contributed by atoms with Gasteiger partial charge in [-0.25, -0.2) is 4.79 Å². The first-order valence-electron chi connectivity index (χ1n) is 5.68. The van der Waals surface area contributed by atoms with Crippen LogP contribution in [0, 0.1) is 5.92 Å². The summed E-state index contributed by atoms with van der Waals surface area (Å²) in [5.41, 5.74) is 0.193. The molecule has 1 N–H and O–H groups in total. The predicted octanol–water partition coefficient (Wildman–Crippen LogP) is 2.34. The van der Waals surface area contributed by atoms with Crippen LogP contribution in [0.4, 0.5) is 0 Å². The smallest absolute Gasteiger partial charge is 0.331 e. The van der Waals surface area contributed by atoms with Crippen molar-refractivity contribution >= 4 is 17.6 Å². The van der Waals surface area contributed by atoms with Crippen molar-refractivity contribution in [1.29, 1.82) is 0 Å². The molecule has 1 aliphatic carbocycles. The molecule has 1 fully saturated rings. The summed E-state index contributed by atoms with van der Waals surface area (Å²) in [6, 6.07) is 7.37. The molecule has 1 aromatic rings. The third kappa shape index (κ3) is 2.05. The Balaban J connectivity index is 2.45. The number of esters is 1. The monoisotopic (exact) mass is 253 g/mol. The number of nitrogens with one attached hydrogen (secondary N) is 1. The lowest BCUT2D eigenvalue weighted by molar-refractivity contribution is -0.150. The molecule has 0 spiro atoms. The van der Waals surface area contributed by atoms with Crippen LogP contribution in [0.1, 0.15) is 18.4 Å². The summed E-state index contributed by atoms with van der Waals surface area (Å²) in [4.78, 5) is 12.1. The van der Waals surface area contributed by atoms with Crippen molar-refractivity contribution < 1.29 is 9.53 Å². The van der Waals surface area contributed by atoms with Gasteiger partial charge in [0.1, 0.15) is 5.54 Å². The molecular weight excluding hydrogens is 238 g/mol. The van der Waals surface area contributed by atoms with E-state index < -0.39 is 5.54 Å². The quantitative estimate of drug-likeness (QED) is 0.837. The lowest BCUT2D eigenvalue weighted by Gasteiger charge is -2.31. The molecule has 0 amide bonds. The van der Waals surface area contributed by atoms with Crippen LogP contribution < -0.4 is 5.32 Å². The number of hydrogen-bond donors (Lipinski definition) is 1. The molecule has 1 atom stereocenters. The highest BCUT2D eigenvalue weighted by atomic mass is 35.5. The van der Waals surface area contributed by atoms with Gasteiger partial charge in [0.15, 0.2) is 0 Å². The van der Waals surface area contributed by atoms with E-state index in [-0.39, 0.29) is 5.97 Å². The predicted molar refractivity (Wildman–Crippen MR) is 66.9 cm³/mol. The van der Waals surface area contributed by atoms with Crippen LogP contribution in [0.3, 0.4) is 0 Å². The fraction of sp³-hybridized carbons (Fsp3) is 0.462. The van der Waals surface area contributed by atoms with Crippen molar-refractivity contribution in [3.63, 3.8) is 0 Å². The zero-order chi connectivity index (χ0) is 12.5. The Morgan fingerprint density at radius 1 is 1.41 bits per heavy atom. The number of likely N-dealkylation sites (N-methyl/N-ethyl adjacent to an activating group) is 1. The van der Waals surface area contributed by atoms with Gasteiger partial charge in [-0.1, -0.05) is 23.7 Å². The molecule has 1 saturated carbocycles. The van der Waals surface area contributed by atoms with Gasteiger partial charge in [0.05, 0.1) is 7.11 Å². The Morgan fingerprint density at radius 2 is 2.00 bits per heavy atom. The maximum atomic E-state index is 12.1. The summed E-state index contributed by atoms with van der Waals surface area (Å²) in [5, 5.41) is 3.81.